The van der Waals surface area contributed by atoms with E-state index in [0.29, 0.717) is 5.02 Å². The summed E-state index contributed by atoms with van der Waals surface area (Å²) in [5, 5.41) is 3.89. The number of carbonyl (C=O) groups is 1. The first kappa shape index (κ1) is 18.5. The first-order valence-corrected chi connectivity index (χ1v) is 8.68. The van der Waals surface area contributed by atoms with E-state index >= 15 is 0 Å². The molecule has 3 nitrogen and oxygen atoms in total. The zero-order valence-corrected chi connectivity index (χ0v) is 15.3. The number of nitrogens with zero attached hydrogens (tertiary/aromatic N) is 1. The Balaban J connectivity index is 2.20. The van der Waals surface area contributed by atoms with Gasteiger partial charge >= 0.3 is 0 Å². The average molecular weight is 345 g/mol. The summed E-state index contributed by atoms with van der Waals surface area (Å²) >= 11 is 5.99. The van der Waals surface area contributed by atoms with Crippen LogP contribution in [0.5, 0.6) is 0 Å². The summed E-state index contributed by atoms with van der Waals surface area (Å²) in [6.45, 7) is 2.96. The van der Waals surface area contributed by atoms with Crippen molar-refractivity contribution in [2.45, 2.75) is 25.8 Å². The highest BCUT2D eigenvalue weighted by Gasteiger charge is 2.17. The second kappa shape index (κ2) is 8.86. The molecular weight excluding hydrogens is 320 g/mol. The number of carbonyl (C=O) groups excluding carboxylic acids is 1. The fourth-order valence-corrected chi connectivity index (χ4v) is 2.82. The van der Waals surface area contributed by atoms with E-state index in [4.69, 9.17) is 11.6 Å². The molecule has 0 bridgehead atoms. The number of nitrogens with one attached hydrogen (secondary N) is 1. The Morgan fingerprint density at radius 3 is 2.42 bits per heavy atom. The van der Waals surface area contributed by atoms with Gasteiger partial charge in [0.1, 0.15) is 0 Å². The Morgan fingerprint density at radius 2 is 1.79 bits per heavy atom. The second-order valence-corrected chi connectivity index (χ2v) is 6.62. The Labute approximate surface area is 149 Å². The Morgan fingerprint density at radius 1 is 1.12 bits per heavy atom. The number of aryl methyl sites for hydroxylation is 1. The van der Waals surface area contributed by atoms with E-state index in [1.165, 1.54) is 0 Å². The molecule has 24 heavy (non-hydrogen) atoms. The zero-order chi connectivity index (χ0) is 17.5. The van der Waals surface area contributed by atoms with Gasteiger partial charge in [-0.3, -0.25) is 4.79 Å². The highest BCUT2D eigenvalue weighted by atomic mass is 35.5. The van der Waals surface area contributed by atoms with Gasteiger partial charge in [-0.05, 0) is 62.8 Å². The fraction of sp³-hybridized carbons (Fsp3) is 0.350. The second-order valence-electron chi connectivity index (χ2n) is 6.18. The van der Waals surface area contributed by atoms with E-state index in [9.17, 15) is 4.79 Å². The van der Waals surface area contributed by atoms with Crippen molar-refractivity contribution in [3.63, 3.8) is 0 Å². The molecular formula is C20H25ClN2O. The molecule has 1 N–H and O–H groups in total. The van der Waals surface area contributed by atoms with Crippen LogP contribution in [0.4, 0.5) is 0 Å². The van der Waals surface area contributed by atoms with Crippen LogP contribution in [0.15, 0.2) is 48.5 Å². The summed E-state index contributed by atoms with van der Waals surface area (Å²) in [4.78, 5) is 14.9. The van der Waals surface area contributed by atoms with E-state index in [2.05, 4.69) is 17.1 Å². The lowest BCUT2D eigenvalue weighted by molar-refractivity contribution is 0.0932. The third-order valence-electron chi connectivity index (χ3n) is 4.09. The molecule has 0 heterocycles. The number of hydrogen-bond donors (Lipinski definition) is 1. The lowest BCUT2D eigenvalue weighted by Gasteiger charge is -2.22. The van der Waals surface area contributed by atoms with Crippen molar-refractivity contribution >= 4 is 17.5 Å². The molecule has 2 aromatic carbocycles. The highest BCUT2D eigenvalue weighted by Crippen LogP contribution is 2.21. The topological polar surface area (TPSA) is 32.3 Å². The SMILES string of the molecule is CCc1ccccc1C(=O)NC(CCN(C)C)c1ccc(Cl)cc1. The summed E-state index contributed by atoms with van der Waals surface area (Å²) in [5.74, 6) is -0.0221. The average Bonchev–Trinajstić information content (AvgIpc) is 2.59. The summed E-state index contributed by atoms with van der Waals surface area (Å²) in [6.07, 6.45) is 1.68. The van der Waals surface area contributed by atoms with E-state index in [-0.39, 0.29) is 11.9 Å². The van der Waals surface area contributed by atoms with Gasteiger partial charge in [0.15, 0.2) is 0 Å². The van der Waals surface area contributed by atoms with Crippen LogP contribution in [0.2, 0.25) is 5.02 Å². The van der Waals surface area contributed by atoms with E-state index in [0.717, 1.165) is 36.1 Å². The predicted molar refractivity (Wildman–Crippen MR) is 101 cm³/mol. The molecule has 0 saturated heterocycles. The minimum absolute atomic E-state index is 0.0221. The zero-order valence-electron chi connectivity index (χ0n) is 14.6. The molecule has 1 amide bonds. The van der Waals surface area contributed by atoms with Gasteiger partial charge in [-0.25, -0.2) is 0 Å². The van der Waals surface area contributed by atoms with Gasteiger partial charge in [-0.15, -0.1) is 0 Å². The van der Waals surface area contributed by atoms with Crippen LogP contribution in [0.3, 0.4) is 0 Å². The maximum atomic E-state index is 12.8. The molecule has 4 heteroatoms. The smallest absolute Gasteiger partial charge is 0.252 e. The van der Waals surface area contributed by atoms with Crippen molar-refractivity contribution in [3.05, 3.63) is 70.2 Å². The maximum Gasteiger partial charge on any atom is 0.252 e. The first-order chi connectivity index (χ1) is 11.5. The highest BCUT2D eigenvalue weighted by molar-refractivity contribution is 6.30. The Hall–Kier alpha value is -1.84. The summed E-state index contributed by atoms with van der Waals surface area (Å²) in [6, 6.07) is 15.4. The van der Waals surface area contributed by atoms with Gasteiger partial charge < -0.3 is 10.2 Å². The van der Waals surface area contributed by atoms with Crippen LogP contribution in [-0.4, -0.2) is 31.4 Å². The fourth-order valence-electron chi connectivity index (χ4n) is 2.69. The molecule has 0 fully saturated rings. The number of amides is 1. The van der Waals surface area contributed by atoms with Crippen molar-refractivity contribution < 1.29 is 4.79 Å². The third-order valence-corrected chi connectivity index (χ3v) is 4.34. The first-order valence-electron chi connectivity index (χ1n) is 8.30. The molecule has 0 aromatic heterocycles. The van der Waals surface area contributed by atoms with Crippen molar-refractivity contribution in [1.82, 2.24) is 10.2 Å². The molecule has 128 valence electrons. The molecule has 1 unspecified atom stereocenters. The predicted octanol–water partition coefficient (Wildman–Crippen LogP) is 4.33. The molecule has 1 atom stereocenters. The normalized spacial score (nSPS) is 12.2. The van der Waals surface area contributed by atoms with Crippen LogP contribution < -0.4 is 5.32 Å². The largest absolute Gasteiger partial charge is 0.345 e. The van der Waals surface area contributed by atoms with Gasteiger partial charge in [0.05, 0.1) is 6.04 Å². The monoisotopic (exact) mass is 344 g/mol. The van der Waals surface area contributed by atoms with E-state index in [1.807, 2.05) is 62.6 Å². The molecule has 2 aromatic rings. The van der Waals surface area contributed by atoms with Gasteiger partial charge in [0.25, 0.3) is 5.91 Å². The number of rotatable bonds is 7. The lowest BCUT2D eigenvalue weighted by atomic mass is 10.0. The van der Waals surface area contributed by atoms with Crippen molar-refractivity contribution in [2.24, 2.45) is 0 Å². The maximum absolute atomic E-state index is 12.8. The van der Waals surface area contributed by atoms with E-state index in [1.54, 1.807) is 0 Å². The van der Waals surface area contributed by atoms with Crippen molar-refractivity contribution in [1.29, 1.82) is 0 Å². The number of halogens is 1. The van der Waals surface area contributed by atoms with Crippen LogP contribution in [0.1, 0.15) is 40.9 Å². The molecule has 0 aliphatic carbocycles. The van der Waals surface area contributed by atoms with Gasteiger partial charge in [0.2, 0.25) is 0 Å². The Bertz CT molecular complexity index is 668. The minimum Gasteiger partial charge on any atom is -0.345 e. The molecule has 0 radical (unpaired) electrons. The number of benzene rings is 2. The van der Waals surface area contributed by atoms with Crippen LogP contribution >= 0.6 is 11.6 Å². The molecule has 0 aliphatic heterocycles. The van der Waals surface area contributed by atoms with Gasteiger partial charge in [-0.1, -0.05) is 48.9 Å². The number of hydrogen-bond acceptors (Lipinski definition) is 2. The molecule has 0 spiro atoms. The van der Waals surface area contributed by atoms with Crippen LogP contribution in [0, 0.1) is 0 Å². The lowest BCUT2D eigenvalue weighted by Crippen LogP contribution is -2.31. The van der Waals surface area contributed by atoms with Gasteiger partial charge in [-0.2, -0.15) is 0 Å². The quantitative estimate of drug-likeness (QED) is 0.811. The summed E-state index contributed by atoms with van der Waals surface area (Å²) in [5.41, 5.74) is 2.89. The standard InChI is InChI=1S/C20H25ClN2O/c1-4-15-7-5-6-8-18(15)20(24)22-19(13-14-23(2)3)16-9-11-17(21)12-10-16/h5-12,19H,4,13-14H2,1-3H3,(H,22,24). The molecule has 2 rings (SSSR count). The van der Waals surface area contributed by atoms with Crippen LogP contribution in [0.25, 0.3) is 0 Å². The molecule has 0 aliphatic rings. The Kier molecular flexibility index (Phi) is 6.83. The van der Waals surface area contributed by atoms with Gasteiger partial charge in [0, 0.05) is 10.6 Å². The van der Waals surface area contributed by atoms with E-state index < -0.39 is 0 Å². The minimum atomic E-state index is -0.0397. The summed E-state index contributed by atoms with van der Waals surface area (Å²) < 4.78 is 0. The third kappa shape index (κ3) is 5.08. The van der Waals surface area contributed by atoms with Crippen molar-refractivity contribution in [2.75, 3.05) is 20.6 Å². The summed E-state index contributed by atoms with van der Waals surface area (Å²) in [7, 11) is 4.07. The van der Waals surface area contributed by atoms with Crippen molar-refractivity contribution in [3.8, 4) is 0 Å². The molecule has 0 saturated carbocycles. The van der Waals surface area contributed by atoms with Crippen LogP contribution in [-0.2, 0) is 6.42 Å².